The maximum atomic E-state index is 13.5. The zero-order valence-electron chi connectivity index (χ0n) is 18.1. The topological polar surface area (TPSA) is 83.5 Å². The molecule has 1 aliphatic rings. The van der Waals surface area contributed by atoms with Crippen molar-refractivity contribution in [3.8, 4) is 0 Å². The van der Waals surface area contributed by atoms with Crippen LogP contribution in [0.3, 0.4) is 0 Å². The second kappa shape index (κ2) is 8.22. The van der Waals surface area contributed by atoms with Crippen LogP contribution in [0.5, 0.6) is 0 Å². The third kappa shape index (κ3) is 3.78. The molecule has 164 valence electrons. The van der Waals surface area contributed by atoms with Crippen molar-refractivity contribution in [1.82, 2.24) is 14.9 Å². The van der Waals surface area contributed by atoms with E-state index in [1.165, 1.54) is 16.2 Å². The standard InChI is InChI=1S/C25H20N4O3S/c1-15-10-16(2)22-20(11-15)27-25(33-22)28(13-17-6-5-9-26-12-17)21(30)14-29-23(31)18-7-3-4-8-19(18)24(29)32/h3-12H,13-14H2,1-2H3. The van der Waals surface area contributed by atoms with Gasteiger partial charge in [-0.25, -0.2) is 4.98 Å². The van der Waals surface area contributed by atoms with E-state index in [9.17, 15) is 14.4 Å². The van der Waals surface area contributed by atoms with Gasteiger partial charge in [0.1, 0.15) is 6.54 Å². The Hall–Kier alpha value is -3.91. The van der Waals surface area contributed by atoms with Crippen molar-refractivity contribution in [2.75, 3.05) is 11.4 Å². The molecule has 2 aromatic carbocycles. The summed E-state index contributed by atoms with van der Waals surface area (Å²) < 4.78 is 1.00. The van der Waals surface area contributed by atoms with Crippen LogP contribution in [0.1, 0.15) is 37.4 Å². The predicted molar refractivity (Wildman–Crippen MR) is 126 cm³/mol. The Morgan fingerprint density at radius 1 is 1.03 bits per heavy atom. The number of thiazole rings is 1. The molecule has 0 atom stereocenters. The minimum atomic E-state index is -0.457. The van der Waals surface area contributed by atoms with Crippen molar-refractivity contribution in [3.05, 3.63) is 88.7 Å². The zero-order chi connectivity index (χ0) is 23.1. The lowest BCUT2D eigenvalue weighted by atomic mass is 10.1. The first-order valence-corrected chi connectivity index (χ1v) is 11.3. The molecule has 5 rings (SSSR count). The van der Waals surface area contributed by atoms with E-state index in [4.69, 9.17) is 4.98 Å². The smallest absolute Gasteiger partial charge is 0.262 e. The van der Waals surface area contributed by atoms with E-state index in [1.807, 2.05) is 26.0 Å². The van der Waals surface area contributed by atoms with Crippen molar-refractivity contribution in [3.63, 3.8) is 0 Å². The molecule has 0 aliphatic carbocycles. The molecule has 8 heteroatoms. The van der Waals surface area contributed by atoms with E-state index in [0.717, 1.165) is 31.8 Å². The number of hydrogen-bond acceptors (Lipinski definition) is 6. The third-order valence-corrected chi connectivity index (χ3v) is 6.81. The highest BCUT2D eigenvalue weighted by atomic mass is 32.1. The average molecular weight is 457 g/mol. The average Bonchev–Trinajstić information content (AvgIpc) is 3.33. The number of hydrogen-bond donors (Lipinski definition) is 0. The first-order chi connectivity index (χ1) is 15.9. The Kier molecular flexibility index (Phi) is 5.22. The van der Waals surface area contributed by atoms with Gasteiger partial charge in [-0.3, -0.25) is 29.2 Å². The molecule has 3 amide bonds. The molecule has 33 heavy (non-hydrogen) atoms. The normalized spacial score (nSPS) is 13.0. The van der Waals surface area contributed by atoms with Crippen LogP contribution in [-0.4, -0.2) is 39.1 Å². The Morgan fingerprint density at radius 2 is 1.76 bits per heavy atom. The van der Waals surface area contributed by atoms with Crippen LogP contribution < -0.4 is 4.90 Å². The fraction of sp³-hybridized carbons (Fsp3) is 0.160. The van der Waals surface area contributed by atoms with Crippen LogP contribution in [0.4, 0.5) is 5.13 Å². The minimum Gasteiger partial charge on any atom is -0.282 e. The lowest BCUT2D eigenvalue weighted by Crippen LogP contribution is -2.42. The van der Waals surface area contributed by atoms with Gasteiger partial charge >= 0.3 is 0 Å². The Bertz CT molecular complexity index is 1380. The maximum absolute atomic E-state index is 13.5. The van der Waals surface area contributed by atoms with Crippen LogP contribution >= 0.6 is 11.3 Å². The molecule has 0 N–H and O–H groups in total. The maximum Gasteiger partial charge on any atom is 0.262 e. The van der Waals surface area contributed by atoms with Gasteiger partial charge in [0.2, 0.25) is 5.91 Å². The Morgan fingerprint density at radius 3 is 2.42 bits per heavy atom. The Labute approximate surface area is 194 Å². The molecule has 3 heterocycles. The molecule has 1 aliphatic heterocycles. The second-order valence-corrected chi connectivity index (χ2v) is 8.99. The fourth-order valence-electron chi connectivity index (χ4n) is 4.02. The van der Waals surface area contributed by atoms with Crippen LogP contribution in [-0.2, 0) is 11.3 Å². The molecule has 0 spiro atoms. The number of imide groups is 1. The number of benzene rings is 2. The van der Waals surface area contributed by atoms with Gasteiger partial charge in [0.05, 0.1) is 27.9 Å². The van der Waals surface area contributed by atoms with E-state index in [1.54, 1.807) is 42.7 Å². The number of nitrogens with zero attached hydrogens (tertiary/aromatic N) is 4. The predicted octanol–water partition coefficient (Wildman–Crippen LogP) is 4.14. The van der Waals surface area contributed by atoms with E-state index in [0.29, 0.717) is 16.3 Å². The van der Waals surface area contributed by atoms with Gasteiger partial charge in [0.15, 0.2) is 5.13 Å². The molecule has 0 radical (unpaired) electrons. The number of aromatic nitrogens is 2. The van der Waals surface area contributed by atoms with Gasteiger partial charge in [-0.15, -0.1) is 0 Å². The fourth-order valence-corrected chi connectivity index (χ4v) is 5.05. The van der Waals surface area contributed by atoms with Gasteiger partial charge in [0, 0.05) is 12.4 Å². The molecule has 2 aromatic heterocycles. The minimum absolute atomic E-state index is 0.230. The molecule has 0 bridgehead atoms. The van der Waals surface area contributed by atoms with Gasteiger partial charge in [0.25, 0.3) is 11.8 Å². The molecule has 0 fully saturated rings. The lowest BCUT2D eigenvalue weighted by Gasteiger charge is -2.22. The van der Waals surface area contributed by atoms with Crippen molar-refractivity contribution >= 4 is 44.4 Å². The van der Waals surface area contributed by atoms with Crippen LogP contribution in [0.2, 0.25) is 0 Å². The number of fused-ring (bicyclic) bond motifs is 2. The summed E-state index contributed by atoms with van der Waals surface area (Å²) in [5.41, 5.74) is 4.45. The Balaban J connectivity index is 1.50. The molecule has 4 aromatic rings. The van der Waals surface area contributed by atoms with Crippen LogP contribution in [0, 0.1) is 13.8 Å². The number of rotatable bonds is 5. The summed E-state index contributed by atoms with van der Waals surface area (Å²) in [6, 6.07) is 14.4. The van der Waals surface area contributed by atoms with E-state index in [-0.39, 0.29) is 19.0 Å². The van der Waals surface area contributed by atoms with Gasteiger partial charge in [-0.05, 0) is 54.8 Å². The van der Waals surface area contributed by atoms with Crippen LogP contribution in [0.15, 0.2) is 60.9 Å². The third-order valence-electron chi connectivity index (χ3n) is 5.58. The van der Waals surface area contributed by atoms with E-state index >= 15 is 0 Å². The summed E-state index contributed by atoms with van der Waals surface area (Å²) in [7, 11) is 0. The molecular formula is C25H20N4O3S. The quantitative estimate of drug-likeness (QED) is 0.422. The van der Waals surface area contributed by atoms with E-state index < -0.39 is 11.8 Å². The number of amides is 3. The molecule has 0 saturated heterocycles. The molecule has 0 saturated carbocycles. The number of carbonyl (C=O) groups is 3. The van der Waals surface area contributed by atoms with Gasteiger partial charge in [-0.2, -0.15) is 0 Å². The summed E-state index contributed by atoms with van der Waals surface area (Å²) in [6.07, 6.45) is 3.35. The monoisotopic (exact) mass is 456 g/mol. The summed E-state index contributed by atoms with van der Waals surface area (Å²) in [5, 5.41) is 0.518. The molecular weight excluding hydrogens is 436 g/mol. The number of carbonyl (C=O) groups excluding carboxylic acids is 3. The van der Waals surface area contributed by atoms with Gasteiger partial charge < -0.3 is 0 Å². The van der Waals surface area contributed by atoms with Crippen molar-refractivity contribution in [1.29, 1.82) is 0 Å². The van der Waals surface area contributed by atoms with Gasteiger partial charge in [-0.1, -0.05) is 35.6 Å². The lowest BCUT2D eigenvalue weighted by molar-refractivity contribution is -0.119. The van der Waals surface area contributed by atoms with E-state index in [2.05, 4.69) is 11.1 Å². The van der Waals surface area contributed by atoms with Crippen molar-refractivity contribution < 1.29 is 14.4 Å². The molecule has 0 unspecified atom stereocenters. The van der Waals surface area contributed by atoms with Crippen LogP contribution in [0.25, 0.3) is 10.2 Å². The van der Waals surface area contributed by atoms with Crippen molar-refractivity contribution in [2.24, 2.45) is 0 Å². The highest BCUT2D eigenvalue weighted by molar-refractivity contribution is 7.22. The number of anilines is 1. The number of aryl methyl sites for hydroxylation is 2. The summed E-state index contributed by atoms with van der Waals surface area (Å²) in [6.45, 7) is 3.89. The highest BCUT2D eigenvalue weighted by Gasteiger charge is 2.37. The molecule has 7 nitrogen and oxygen atoms in total. The first kappa shape index (κ1) is 21.0. The SMILES string of the molecule is Cc1cc(C)c2sc(N(Cc3cccnc3)C(=O)CN3C(=O)c4ccccc4C3=O)nc2c1. The second-order valence-electron chi connectivity index (χ2n) is 8.01. The zero-order valence-corrected chi connectivity index (χ0v) is 18.9. The van der Waals surface area contributed by atoms with Crippen molar-refractivity contribution in [2.45, 2.75) is 20.4 Å². The summed E-state index contributed by atoms with van der Waals surface area (Å²) in [5.74, 6) is -1.30. The number of pyridine rings is 1. The largest absolute Gasteiger partial charge is 0.282 e. The summed E-state index contributed by atoms with van der Waals surface area (Å²) >= 11 is 1.42. The highest BCUT2D eigenvalue weighted by Crippen LogP contribution is 2.33. The summed E-state index contributed by atoms with van der Waals surface area (Å²) in [4.78, 5) is 50.5. The first-order valence-electron chi connectivity index (χ1n) is 10.4.